The molecule has 10 rings (SSSR count). The Balaban J connectivity index is 1.04. The predicted octanol–water partition coefficient (Wildman–Crippen LogP) is 4.24. The average Bonchev–Trinajstić information content (AvgIpc) is 3.97. The van der Waals surface area contributed by atoms with Crippen LogP contribution in [0.25, 0.3) is 21.8 Å². The van der Waals surface area contributed by atoms with Crippen molar-refractivity contribution >= 4 is 56.8 Å². The van der Waals surface area contributed by atoms with E-state index in [-0.39, 0.29) is 81.9 Å². The first-order valence-corrected chi connectivity index (χ1v) is 17.5. The fourth-order valence-electron chi connectivity index (χ4n) is 9.96. The molecule has 3 aliphatic heterocycles. The summed E-state index contributed by atoms with van der Waals surface area (Å²) in [7, 11) is 2.79. The van der Waals surface area contributed by atoms with E-state index in [4.69, 9.17) is 15.2 Å². The molecule has 1 saturated carbocycles. The SMILES string of the molecule is COc1c(O)c2c(c3cc(C(=O)N4CCc5c4c(O)c(OC)c4[nH]c(C(=O)N6C[C@H]7CC[C@@]78C6=CC(=O)c6[nH]cc(C)c68)cc54)[nH]c13)CCN2C(N)=O. The van der Waals surface area contributed by atoms with Gasteiger partial charge < -0.3 is 50.2 Å². The van der Waals surface area contributed by atoms with Crippen molar-refractivity contribution in [3.05, 3.63) is 69.4 Å². The van der Waals surface area contributed by atoms with E-state index in [2.05, 4.69) is 15.0 Å². The number of aromatic hydroxyl groups is 2. The van der Waals surface area contributed by atoms with Crippen LogP contribution in [0, 0.1) is 12.8 Å². The molecule has 1 saturated heterocycles. The van der Waals surface area contributed by atoms with Crippen LogP contribution < -0.4 is 25.0 Å². The van der Waals surface area contributed by atoms with Crippen molar-refractivity contribution in [2.45, 2.75) is 38.0 Å². The number of nitrogens with zero attached hydrogens (tertiary/aromatic N) is 3. The number of carbonyl (C=O) groups excluding carboxylic acids is 4. The van der Waals surface area contributed by atoms with Crippen LogP contribution in [0.5, 0.6) is 23.0 Å². The summed E-state index contributed by atoms with van der Waals surface area (Å²) in [6.07, 6.45) is 6.07. The van der Waals surface area contributed by atoms with E-state index < -0.39 is 11.9 Å². The minimum absolute atomic E-state index is 0.0671. The van der Waals surface area contributed by atoms with E-state index in [1.165, 1.54) is 24.0 Å². The number of urea groups is 1. The first kappa shape index (κ1) is 31.4. The molecule has 15 nitrogen and oxygen atoms in total. The number of aromatic nitrogens is 3. The Hall–Kier alpha value is -6.38. The van der Waals surface area contributed by atoms with Crippen molar-refractivity contribution < 1.29 is 38.9 Å². The number of primary amides is 1. The number of amides is 4. The third kappa shape index (κ3) is 3.73. The minimum atomic E-state index is -0.714. The highest BCUT2D eigenvalue weighted by Crippen LogP contribution is 2.62. The van der Waals surface area contributed by atoms with Crippen LogP contribution in [0.1, 0.15) is 66.6 Å². The second-order valence-corrected chi connectivity index (χ2v) is 14.5. The fourth-order valence-corrected chi connectivity index (χ4v) is 9.96. The van der Waals surface area contributed by atoms with Gasteiger partial charge >= 0.3 is 6.03 Å². The number of likely N-dealkylation sites (tertiary alicyclic amines) is 1. The van der Waals surface area contributed by atoms with Crippen LogP contribution in [0.15, 0.2) is 30.1 Å². The monoisotopic (exact) mass is 717 g/mol. The lowest BCUT2D eigenvalue weighted by atomic mass is 9.55. The maximum absolute atomic E-state index is 14.4. The van der Waals surface area contributed by atoms with Crippen LogP contribution in [0.3, 0.4) is 0 Å². The van der Waals surface area contributed by atoms with E-state index in [0.717, 1.165) is 29.7 Å². The highest BCUT2D eigenvalue weighted by atomic mass is 16.5. The number of aryl methyl sites for hydroxylation is 1. The Labute approximate surface area is 300 Å². The topological polar surface area (TPSA) is 210 Å². The molecule has 7 N–H and O–H groups in total. The third-order valence-corrected chi connectivity index (χ3v) is 12.3. The number of nitrogens with two attached hydrogens (primary N) is 1. The van der Waals surface area contributed by atoms with E-state index in [0.29, 0.717) is 58.0 Å². The second-order valence-electron chi connectivity index (χ2n) is 14.5. The molecule has 6 heterocycles. The number of benzene rings is 2. The number of nitrogens with one attached hydrogen (secondary N) is 3. The largest absolute Gasteiger partial charge is 0.503 e. The lowest BCUT2D eigenvalue weighted by molar-refractivity contribution is 0.0813. The van der Waals surface area contributed by atoms with Gasteiger partial charge in [-0.2, -0.15) is 0 Å². The maximum atomic E-state index is 14.4. The number of rotatable bonds is 4. The summed E-state index contributed by atoms with van der Waals surface area (Å²) < 4.78 is 11.2. The molecule has 5 aliphatic rings. The van der Waals surface area contributed by atoms with E-state index >= 15 is 0 Å². The molecule has 53 heavy (non-hydrogen) atoms. The highest BCUT2D eigenvalue weighted by molar-refractivity contribution is 6.15. The van der Waals surface area contributed by atoms with Gasteiger partial charge in [0.1, 0.15) is 11.4 Å². The van der Waals surface area contributed by atoms with Gasteiger partial charge in [-0.1, -0.05) is 0 Å². The van der Waals surface area contributed by atoms with Gasteiger partial charge in [0.2, 0.25) is 5.78 Å². The van der Waals surface area contributed by atoms with Gasteiger partial charge in [0.25, 0.3) is 11.8 Å². The Morgan fingerprint density at radius 2 is 1.45 bits per heavy atom. The number of fused-ring (bicyclic) bond motifs is 7. The van der Waals surface area contributed by atoms with Crippen LogP contribution >= 0.6 is 0 Å². The zero-order valence-corrected chi connectivity index (χ0v) is 29.1. The van der Waals surface area contributed by atoms with Crippen molar-refractivity contribution in [3.8, 4) is 23.0 Å². The van der Waals surface area contributed by atoms with Crippen molar-refractivity contribution in [2.75, 3.05) is 43.7 Å². The molecule has 270 valence electrons. The number of phenols is 2. The number of hydrogen-bond donors (Lipinski definition) is 6. The van der Waals surface area contributed by atoms with Gasteiger partial charge in [-0.3, -0.25) is 19.3 Å². The van der Waals surface area contributed by atoms with Crippen molar-refractivity contribution in [3.63, 3.8) is 0 Å². The number of anilines is 2. The van der Waals surface area contributed by atoms with Gasteiger partial charge in [-0.05, 0) is 72.9 Å². The number of H-pyrrole nitrogens is 3. The molecule has 0 radical (unpaired) electrons. The summed E-state index contributed by atoms with van der Waals surface area (Å²) in [5, 5.41) is 24.0. The molecule has 2 aromatic carbocycles. The Bertz CT molecular complexity index is 2590. The number of aromatic amines is 3. The first-order chi connectivity index (χ1) is 25.5. The third-order valence-electron chi connectivity index (χ3n) is 12.3. The molecular formula is C38H35N7O8. The summed E-state index contributed by atoms with van der Waals surface area (Å²) in [6, 6.07) is 2.68. The summed E-state index contributed by atoms with van der Waals surface area (Å²) in [5.74, 6) is -1.04. The molecule has 5 aromatic rings. The molecule has 15 heteroatoms. The Kier molecular flexibility index (Phi) is 6.13. The molecule has 4 amide bonds. The summed E-state index contributed by atoms with van der Waals surface area (Å²) in [6.45, 7) is 2.97. The molecule has 0 unspecified atom stereocenters. The molecule has 3 aromatic heterocycles. The van der Waals surface area contributed by atoms with E-state index in [1.807, 2.05) is 13.1 Å². The summed E-state index contributed by atoms with van der Waals surface area (Å²) >= 11 is 0. The summed E-state index contributed by atoms with van der Waals surface area (Å²) in [5.41, 5.74) is 11.7. The quantitative estimate of drug-likeness (QED) is 0.158. The Morgan fingerprint density at radius 3 is 2.00 bits per heavy atom. The average molecular weight is 718 g/mol. The predicted molar refractivity (Wildman–Crippen MR) is 192 cm³/mol. The zero-order chi connectivity index (χ0) is 36.8. The van der Waals surface area contributed by atoms with Gasteiger partial charge in [0.15, 0.2) is 23.0 Å². The first-order valence-electron chi connectivity index (χ1n) is 17.5. The smallest absolute Gasteiger partial charge is 0.319 e. The number of ketones is 1. The normalized spacial score (nSPS) is 21.0. The van der Waals surface area contributed by atoms with E-state index in [1.54, 1.807) is 23.1 Å². The van der Waals surface area contributed by atoms with Crippen molar-refractivity contribution in [2.24, 2.45) is 11.7 Å². The zero-order valence-electron chi connectivity index (χ0n) is 29.1. The number of methoxy groups -OCH3 is 2. The minimum Gasteiger partial charge on any atom is -0.503 e. The number of allylic oxidation sites excluding steroid dienone is 2. The fraction of sp³-hybridized carbons (Fsp3) is 0.316. The van der Waals surface area contributed by atoms with Gasteiger partial charge in [-0.15, -0.1) is 0 Å². The summed E-state index contributed by atoms with van der Waals surface area (Å²) in [4.78, 5) is 67.9. The van der Waals surface area contributed by atoms with Crippen LogP contribution in [0.4, 0.5) is 16.2 Å². The van der Waals surface area contributed by atoms with E-state index in [9.17, 15) is 29.4 Å². The van der Waals surface area contributed by atoms with Crippen LogP contribution in [-0.2, 0) is 18.3 Å². The van der Waals surface area contributed by atoms with Crippen LogP contribution in [0.2, 0.25) is 0 Å². The van der Waals surface area contributed by atoms with Crippen LogP contribution in [-0.4, -0.2) is 87.5 Å². The number of ether oxygens (including phenoxy) is 2. The number of carbonyl (C=O) groups is 4. The molecular weight excluding hydrogens is 682 g/mol. The lowest BCUT2D eigenvalue weighted by Gasteiger charge is -2.47. The van der Waals surface area contributed by atoms with Gasteiger partial charge in [0.05, 0.1) is 42.3 Å². The molecule has 2 fully saturated rings. The number of hydrogen-bond acceptors (Lipinski definition) is 8. The highest BCUT2D eigenvalue weighted by Gasteiger charge is 2.62. The van der Waals surface area contributed by atoms with Gasteiger partial charge in [-0.25, -0.2) is 4.79 Å². The lowest BCUT2D eigenvalue weighted by Crippen LogP contribution is -2.45. The molecule has 0 bridgehead atoms. The number of phenolic OH excluding ortho intramolecular Hbond substituents is 2. The molecule has 2 aliphatic carbocycles. The van der Waals surface area contributed by atoms with Gasteiger partial charge in [0, 0.05) is 53.8 Å². The Morgan fingerprint density at radius 1 is 0.887 bits per heavy atom. The van der Waals surface area contributed by atoms with Crippen molar-refractivity contribution in [1.82, 2.24) is 19.9 Å². The molecule has 1 spiro atoms. The maximum Gasteiger partial charge on any atom is 0.319 e. The second kappa shape index (κ2) is 10.4. The van der Waals surface area contributed by atoms with Crippen molar-refractivity contribution in [1.29, 1.82) is 0 Å². The molecule has 2 atom stereocenters. The standard InChI is InChI=1S/C38H35N7O8/c1-15-13-40-28-23(46)12-24-38(25(15)28)7-4-16(38)14-45(24)36(50)22-11-19-17-5-8-43(29(17)31(47)33(52-2)26(19)42-22)35(49)21-10-20-18-6-9-44(37(39)51)30(18)32(48)34(53-3)27(20)41-21/h10-13,16,40-42,47-48H,4-9,14H2,1-3H3,(H2,39,51)/t16-,38+/m1/s1.